The lowest BCUT2D eigenvalue weighted by Crippen LogP contribution is -2.36. The van der Waals surface area contributed by atoms with E-state index in [9.17, 15) is 4.79 Å². The third-order valence-corrected chi connectivity index (χ3v) is 5.04. The summed E-state index contributed by atoms with van der Waals surface area (Å²) >= 11 is 2.02. The Kier molecular flexibility index (Phi) is 4.38. The summed E-state index contributed by atoms with van der Waals surface area (Å²) in [6.07, 6.45) is 7.97. The Morgan fingerprint density at radius 1 is 1.25 bits per heavy atom. The van der Waals surface area contributed by atoms with Crippen LogP contribution in [0.2, 0.25) is 0 Å². The zero-order valence-corrected chi connectivity index (χ0v) is 10.8. The van der Waals surface area contributed by atoms with E-state index in [2.05, 4.69) is 17.6 Å². The van der Waals surface area contributed by atoms with Crippen molar-refractivity contribution in [3.05, 3.63) is 0 Å². The van der Waals surface area contributed by atoms with Gasteiger partial charge in [0, 0.05) is 11.0 Å². The van der Waals surface area contributed by atoms with Gasteiger partial charge < -0.3 is 10.6 Å². The highest BCUT2D eigenvalue weighted by atomic mass is 32.2. The summed E-state index contributed by atoms with van der Waals surface area (Å²) in [5.74, 6) is 1.09. The zero-order valence-electron chi connectivity index (χ0n) is 10.00. The van der Waals surface area contributed by atoms with Gasteiger partial charge in [0.25, 0.3) is 0 Å². The quantitative estimate of drug-likeness (QED) is 0.555. The van der Waals surface area contributed by atoms with Gasteiger partial charge >= 0.3 is 6.03 Å². The van der Waals surface area contributed by atoms with Crippen LogP contribution in [0.1, 0.15) is 45.4 Å². The molecule has 2 amide bonds. The molecule has 0 aromatic rings. The highest BCUT2D eigenvalue weighted by Gasteiger charge is 2.42. The van der Waals surface area contributed by atoms with E-state index in [1.165, 1.54) is 38.5 Å². The second kappa shape index (κ2) is 5.80. The van der Waals surface area contributed by atoms with Crippen LogP contribution in [0.4, 0.5) is 4.79 Å². The molecule has 0 aromatic carbocycles. The van der Waals surface area contributed by atoms with Crippen molar-refractivity contribution >= 4 is 17.8 Å². The van der Waals surface area contributed by atoms with Gasteiger partial charge in [-0.25, -0.2) is 4.79 Å². The van der Waals surface area contributed by atoms with Gasteiger partial charge in [0.15, 0.2) is 0 Å². The number of amides is 2. The number of carbonyl (C=O) groups is 1. The molecule has 0 saturated carbocycles. The molecule has 0 unspecified atom stereocenters. The van der Waals surface area contributed by atoms with Gasteiger partial charge in [-0.15, -0.1) is 0 Å². The monoisotopic (exact) mass is 242 g/mol. The summed E-state index contributed by atoms with van der Waals surface area (Å²) in [6.45, 7) is 2.25. The molecular weight excluding hydrogens is 220 g/mol. The summed E-state index contributed by atoms with van der Waals surface area (Å²) in [7, 11) is 0. The van der Waals surface area contributed by atoms with Crippen LogP contribution in [-0.4, -0.2) is 29.1 Å². The van der Waals surface area contributed by atoms with Crippen LogP contribution in [0.5, 0.6) is 0 Å². The number of urea groups is 1. The number of rotatable bonds is 6. The molecule has 2 N–H and O–H groups in total. The number of unbranched alkanes of at least 4 members (excludes halogenated alkanes) is 4. The van der Waals surface area contributed by atoms with Crippen LogP contribution in [0.15, 0.2) is 0 Å². The Labute approximate surface area is 102 Å². The first kappa shape index (κ1) is 12.1. The molecule has 3 nitrogen and oxygen atoms in total. The van der Waals surface area contributed by atoms with Gasteiger partial charge in [0.2, 0.25) is 0 Å². The molecule has 16 heavy (non-hydrogen) atoms. The number of nitrogens with one attached hydrogen (secondary N) is 2. The molecule has 4 heteroatoms. The van der Waals surface area contributed by atoms with Crippen molar-refractivity contribution in [2.75, 3.05) is 5.75 Å². The SMILES string of the molecule is CCCCCCC[C@@H]1SC[C@@H]2NC(=O)N[C@@H]21. The second-order valence-electron chi connectivity index (χ2n) is 4.82. The maximum Gasteiger partial charge on any atom is 0.315 e. The topological polar surface area (TPSA) is 41.1 Å². The fourth-order valence-corrected chi connectivity index (χ4v) is 4.14. The molecule has 2 fully saturated rings. The largest absolute Gasteiger partial charge is 0.332 e. The van der Waals surface area contributed by atoms with Gasteiger partial charge in [-0.05, 0) is 6.42 Å². The number of carbonyl (C=O) groups excluding carboxylic acids is 1. The summed E-state index contributed by atoms with van der Waals surface area (Å²) in [5, 5.41) is 6.68. The molecule has 0 bridgehead atoms. The lowest BCUT2D eigenvalue weighted by molar-refractivity contribution is 0.247. The molecule has 0 radical (unpaired) electrons. The van der Waals surface area contributed by atoms with E-state index in [0.717, 1.165) is 5.75 Å². The van der Waals surface area contributed by atoms with E-state index in [1.807, 2.05) is 11.8 Å². The molecule has 92 valence electrons. The average Bonchev–Trinajstić information content (AvgIpc) is 2.78. The van der Waals surface area contributed by atoms with Gasteiger partial charge in [0.05, 0.1) is 12.1 Å². The van der Waals surface area contributed by atoms with E-state index in [1.54, 1.807) is 0 Å². The minimum absolute atomic E-state index is 0.0336. The second-order valence-corrected chi connectivity index (χ2v) is 6.10. The van der Waals surface area contributed by atoms with Gasteiger partial charge in [-0.2, -0.15) is 11.8 Å². The maximum absolute atomic E-state index is 11.2. The molecule has 2 saturated heterocycles. The summed E-state index contributed by atoms with van der Waals surface area (Å²) in [5.41, 5.74) is 0. The molecule has 3 atom stereocenters. The van der Waals surface area contributed by atoms with Crippen LogP contribution in [0, 0.1) is 0 Å². The summed E-state index contributed by atoms with van der Waals surface area (Å²) in [6, 6.07) is 0.813. The Hall–Kier alpha value is -0.380. The van der Waals surface area contributed by atoms with Crippen LogP contribution >= 0.6 is 11.8 Å². The minimum atomic E-state index is 0.0336. The van der Waals surface area contributed by atoms with Gasteiger partial charge in [-0.1, -0.05) is 39.0 Å². The maximum atomic E-state index is 11.2. The molecule has 0 spiro atoms. The fourth-order valence-electron chi connectivity index (χ4n) is 2.59. The van der Waals surface area contributed by atoms with Gasteiger partial charge in [-0.3, -0.25) is 0 Å². The van der Waals surface area contributed by atoms with Crippen molar-refractivity contribution in [1.82, 2.24) is 10.6 Å². The third kappa shape index (κ3) is 2.84. The Balaban J connectivity index is 1.65. The van der Waals surface area contributed by atoms with E-state index >= 15 is 0 Å². The fraction of sp³-hybridized carbons (Fsp3) is 0.917. The lowest BCUT2D eigenvalue weighted by Gasteiger charge is -2.16. The number of thioether (sulfide) groups is 1. The molecular formula is C12H22N2OS. The van der Waals surface area contributed by atoms with Crippen LogP contribution in [0.25, 0.3) is 0 Å². The first-order chi connectivity index (χ1) is 7.81. The normalized spacial score (nSPS) is 32.3. The molecule has 2 aliphatic heterocycles. The minimum Gasteiger partial charge on any atom is -0.332 e. The Morgan fingerprint density at radius 3 is 2.88 bits per heavy atom. The predicted octanol–water partition coefficient (Wildman–Crippen LogP) is 2.51. The van der Waals surface area contributed by atoms with E-state index in [4.69, 9.17) is 0 Å². The molecule has 2 aliphatic rings. The van der Waals surface area contributed by atoms with Crippen molar-refractivity contribution < 1.29 is 4.79 Å². The number of hydrogen-bond acceptors (Lipinski definition) is 2. The van der Waals surface area contributed by atoms with Crippen molar-refractivity contribution in [2.24, 2.45) is 0 Å². The lowest BCUT2D eigenvalue weighted by atomic mass is 10.0. The number of fused-ring (bicyclic) bond motifs is 1. The van der Waals surface area contributed by atoms with Crippen molar-refractivity contribution in [3.63, 3.8) is 0 Å². The summed E-state index contributed by atoms with van der Waals surface area (Å²) in [4.78, 5) is 11.2. The zero-order chi connectivity index (χ0) is 11.4. The van der Waals surface area contributed by atoms with Crippen molar-refractivity contribution in [1.29, 1.82) is 0 Å². The van der Waals surface area contributed by atoms with Crippen LogP contribution < -0.4 is 10.6 Å². The van der Waals surface area contributed by atoms with Crippen LogP contribution in [-0.2, 0) is 0 Å². The molecule has 2 heterocycles. The first-order valence-electron chi connectivity index (χ1n) is 6.50. The molecule has 0 aromatic heterocycles. The van der Waals surface area contributed by atoms with E-state index in [0.29, 0.717) is 17.3 Å². The van der Waals surface area contributed by atoms with Crippen molar-refractivity contribution in [2.45, 2.75) is 62.8 Å². The number of hydrogen-bond donors (Lipinski definition) is 2. The van der Waals surface area contributed by atoms with Gasteiger partial charge in [0.1, 0.15) is 0 Å². The first-order valence-corrected chi connectivity index (χ1v) is 7.54. The third-order valence-electron chi connectivity index (χ3n) is 3.53. The molecule has 2 rings (SSSR count). The molecule has 0 aliphatic carbocycles. The predicted molar refractivity (Wildman–Crippen MR) is 68.9 cm³/mol. The summed E-state index contributed by atoms with van der Waals surface area (Å²) < 4.78 is 0. The smallest absolute Gasteiger partial charge is 0.315 e. The van der Waals surface area contributed by atoms with E-state index in [-0.39, 0.29) is 6.03 Å². The standard InChI is InChI=1S/C12H22N2OS/c1-2-3-4-5-6-7-10-11-9(8-16-10)13-12(15)14-11/h9-11H,2-8H2,1H3,(H2,13,14,15)/t9-,10-,11-/m0/s1. The highest BCUT2D eigenvalue weighted by Crippen LogP contribution is 2.33. The van der Waals surface area contributed by atoms with Crippen LogP contribution in [0.3, 0.4) is 0 Å². The average molecular weight is 242 g/mol. The Morgan fingerprint density at radius 2 is 2.06 bits per heavy atom. The highest BCUT2D eigenvalue weighted by molar-refractivity contribution is 8.00. The Bertz CT molecular complexity index is 247. The van der Waals surface area contributed by atoms with Crippen molar-refractivity contribution in [3.8, 4) is 0 Å². The van der Waals surface area contributed by atoms with E-state index < -0.39 is 0 Å².